The number of H-pyrrole nitrogens is 1. The van der Waals surface area contributed by atoms with Crippen LogP contribution in [0, 0.1) is 6.92 Å². The smallest absolute Gasteiger partial charge is 0.287 e. The highest BCUT2D eigenvalue weighted by Gasteiger charge is 2.28. The number of nitrogens with zero attached hydrogens (tertiary/aromatic N) is 3. The first-order valence-electron chi connectivity index (χ1n) is 9.55. The Labute approximate surface area is 164 Å². The predicted molar refractivity (Wildman–Crippen MR) is 107 cm³/mol. The molecule has 144 valence electrons. The standard InChI is InChI=1S/C21H24N6O/c1-13-4-3-5-15(10-13)17(26-21(28)20-23-8-9-24-20)11-16-12-18(22-2)27-19(25-16)14-6-7-14/h3-5,8-10,12,14,17H,6-7,11H2,1-2H3,(H,23,24)(H,26,28)(H,22,25,27). The fourth-order valence-corrected chi connectivity index (χ4v) is 3.24. The zero-order valence-corrected chi connectivity index (χ0v) is 16.1. The van der Waals surface area contributed by atoms with Crippen LogP contribution in [-0.2, 0) is 6.42 Å². The van der Waals surface area contributed by atoms with Gasteiger partial charge in [0.05, 0.1) is 6.04 Å². The van der Waals surface area contributed by atoms with Crippen molar-refractivity contribution in [1.29, 1.82) is 0 Å². The lowest BCUT2D eigenvalue weighted by Crippen LogP contribution is -2.31. The molecule has 0 saturated heterocycles. The number of amides is 1. The molecule has 1 saturated carbocycles. The van der Waals surface area contributed by atoms with Crippen LogP contribution in [0.15, 0.2) is 42.7 Å². The first kappa shape index (κ1) is 18.2. The second kappa shape index (κ2) is 7.80. The quantitative estimate of drug-likeness (QED) is 0.589. The van der Waals surface area contributed by atoms with E-state index in [9.17, 15) is 4.79 Å². The van der Waals surface area contributed by atoms with E-state index in [0.717, 1.165) is 41.3 Å². The molecule has 1 atom stereocenters. The summed E-state index contributed by atoms with van der Waals surface area (Å²) in [6, 6.07) is 9.91. The molecule has 28 heavy (non-hydrogen) atoms. The van der Waals surface area contributed by atoms with Gasteiger partial charge in [0.15, 0.2) is 5.82 Å². The summed E-state index contributed by atoms with van der Waals surface area (Å²) >= 11 is 0. The Kier molecular flexibility index (Phi) is 5.06. The lowest BCUT2D eigenvalue weighted by Gasteiger charge is -2.20. The van der Waals surface area contributed by atoms with Crippen LogP contribution in [0.2, 0.25) is 0 Å². The third-order valence-corrected chi connectivity index (χ3v) is 4.87. The van der Waals surface area contributed by atoms with Gasteiger partial charge in [-0.05, 0) is 25.3 Å². The fourth-order valence-electron chi connectivity index (χ4n) is 3.24. The predicted octanol–water partition coefficient (Wildman–Crippen LogP) is 3.14. The van der Waals surface area contributed by atoms with Crippen LogP contribution in [-0.4, -0.2) is 32.9 Å². The number of anilines is 1. The van der Waals surface area contributed by atoms with Gasteiger partial charge in [0, 0.05) is 43.5 Å². The molecule has 3 N–H and O–H groups in total. The van der Waals surface area contributed by atoms with Crippen molar-refractivity contribution < 1.29 is 4.79 Å². The van der Waals surface area contributed by atoms with Crippen LogP contribution in [0.25, 0.3) is 0 Å². The number of imidazole rings is 1. The molecule has 1 aromatic carbocycles. The first-order chi connectivity index (χ1) is 13.6. The van der Waals surface area contributed by atoms with Crippen LogP contribution >= 0.6 is 0 Å². The number of hydrogen-bond acceptors (Lipinski definition) is 5. The third-order valence-electron chi connectivity index (χ3n) is 4.87. The number of rotatable bonds is 7. The molecule has 1 aliphatic rings. The van der Waals surface area contributed by atoms with E-state index in [1.165, 1.54) is 0 Å². The largest absolute Gasteiger partial charge is 0.373 e. The van der Waals surface area contributed by atoms with Gasteiger partial charge in [-0.2, -0.15) is 0 Å². The van der Waals surface area contributed by atoms with Crippen LogP contribution in [0.5, 0.6) is 0 Å². The molecule has 0 radical (unpaired) electrons. The molecule has 1 fully saturated rings. The molecule has 0 spiro atoms. The maximum Gasteiger partial charge on any atom is 0.287 e. The van der Waals surface area contributed by atoms with Crippen LogP contribution in [0.1, 0.15) is 58.1 Å². The van der Waals surface area contributed by atoms with Crippen molar-refractivity contribution in [1.82, 2.24) is 25.3 Å². The van der Waals surface area contributed by atoms with E-state index < -0.39 is 0 Å². The topological polar surface area (TPSA) is 95.6 Å². The Balaban J connectivity index is 1.63. The zero-order chi connectivity index (χ0) is 19.5. The number of hydrogen-bond donors (Lipinski definition) is 3. The highest BCUT2D eigenvalue weighted by molar-refractivity contribution is 5.90. The molecule has 1 aliphatic carbocycles. The summed E-state index contributed by atoms with van der Waals surface area (Å²) < 4.78 is 0. The van der Waals surface area contributed by atoms with Crippen molar-refractivity contribution in [3.8, 4) is 0 Å². The van der Waals surface area contributed by atoms with Gasteiger partial charge in [0.2, 0.25) is 0 Å². The van der Waals surface area contributed by atoms with Gasteiger partial charge in [-0.1, -0.05) is 29.8 Å². The summed E-state index contributed by atoms with van der Waals surface area (Å²) in [5, 5.41) is 6.22. The second-order valence-corrected chi connectivity index (χ2v) is 7.21. The van der Waals surface area contributed by atoms with E-state index in [1.54, 1.807) is 12.4 Å². The lowest BCUT2D eigenvalue weighted by atomic mass is 9.99. The summed E-state index contributed by atoms with van der Waals surface area (Å²) in [7, 11) is 1.86. The van der Waals surface area contributed by atoms with Gasteiger partial charge >= 0.3 is 0 Å². The second-order valence-electron chi connectivity index (χ2n) is 7.21. The molecule has 4 rings (SSSR count). The van der Waals surface area contributed by atoms with Crippen molar-refractivity contribution in [3.63, 3.8) is 0 Å². The van der Waals surface area contributed by atoms with Gasteiger partial charge in [-0.15, -0.1) is 0 Å². The molecule has 7 heteroatoms. The Morgan fingerprint density at radius 3 is 2.82 bits per heavy atom. The summed E-state index contributed by atoms with van der Waals surface area (Å²) in [5.41, 5.74) is 3.09. The summed E-state index contributed by atoms with van der Waals surface area (Å²) in [6.07, 6.45) is 6.07. The van der Waals surface area contributed by atoms with Gasteiger partial charge in [0.25, 0.3) is 5.91 Å². The van der Waals surface area contributed by atoms with E-state index >= 15 is 0 Å². The number of nitrogens with one attached hydrogen (secondary N) is 3. The Hall–Kier alpha value is -3.22. The Morgan fingerprint density at radius 1 is 1.29 bits per heavy atom. The molecular formula is C21H24N6O. The summed E-state index contributed by atoms with van der Waals surface area (Å²) in [6.45, 7) is 2.05. The van der Waals surface area contributed by atoms with Gasteiger partial charge < -0.3 is 15.6 Å². The highest BCUT2D eigenvalue weighted by atomic mass is 16.2. The summed E-state index contributed by atoms with van der Waals surface area (Å²) in [5.74, 6) is 2.23. The molecule has 1 amide bonds. The average molecular weight is 376 g/mol. The molecule has 0 bridgehead atoms. The molecule has 3 aromatic rings. The summed E-state index contributed by atoms with van der Waals surface area (Å²) in [4.78, 5) is 28.9. The fraction of sp³-hybridized carbons (Fsp3) is 0.333. The molecule has 2 heterocycles. The number of carbonyl (C=O) groups is 1. The number of aromatic nitrogens is 4. The van der Waals surface area contributed by atoms with Crippen molar-refractivity contribution in [3.05, 3.63) is 71.2 Å². The minimum Gasteiger partial charge on any atom is -0.373 e. The first-order valence-corrected chi connectivity index (χ1v) is 9.55. The molecule has 1 unspecified atom stereocenters. The van der Waals surface area contributed by atoms with Crippen molar-refractivity contribution in [2.75, 3.05) is 12.4 Å². The van der Waals surface area contributed by atoms with E-state index in [-0.39, 0.29) is 11.9 Å². The molecule has 2 aromatic heterocycles. The van der Waals surface area contributed by atoms with Crippen LogP contribution < -0.4 is 10.6 Å². The van der Waals surface area contributed by atoms with Crippen LogP contribution in [0.3, 0.4) is 0 Å². The number of aryl methyl sites for hydroxylation is 1. The Bertz CT molecular complexity index is 965. The van der Waals surface area contributed by atoms with Gasteiger partial charge in [-0.3, -0.25) is 4.79 Å². The maximum atomic E-state index is 12.6. The number of benzene rings is 1. The minimum absolute atomic E-state index is 0.218. The normalized spacial score (nSPS) is 14.5. The molecular weight excluding hydrogens is 352 g/mol. The maximum absolute atomic E-state index is 12.6. The van der Waals surface area contributed by atoms with Crippen molar-refractivity contribution >= 4 is 11.7 Å². The number of carbonyl (C=O) groups excluding carboxylic acids is 1. The van der Waals surface area contributed by atoms with Crippen molar-refractivity contribution in [2.24, 2.45) is 0 Å². The molecule has 0 aliphatic heterocycles. The SMILES string of the molecule is CNc1cc(CC(NC(=O)c2ncc[nH]2)c2cccc(C)c2)nc(C2CC2)n1. The third kappa shape index (κ3) is 4.19. The minimum atomic E-state index is -0.234. The van der Waals surface area contributed by atoms with E-state index in [4.69, 9.17) is 4.98 Å². The van der Waals surface area contributed by atoms with Crippen LogP contribution in [0.4, 0.5) is 5.82 Å². The van der Waals surface area contributed by atoms with Crippen molar-refractivity contribution in [2.45, 2.75) is 38.1 Å². The lowest BCUT2D eigenvalue weighted by molar-refractivity contribution is 0.0926. The average Bonchev–Trinajstić information content (AvgIpc) is 3.41. The van der Waals surface area contributed by atoms with E-state index in [0.29, 0.717) is 18.2 Å². The highest BCUT2D eigenvalue weighted by Crippen LogP contribution is 2.38. The number of aromatic amines is 1. The van der Waals surface area contributed by atoms with Gasteiger partial charge in [0.1, 0.15) is 11.6 Å². The van der Waals surface area contributed by atoms with E-state index in [1.807, 2.05) is 38.2 Å². The van der Waals surface area contributed by atoms with E-state index in [2.05, 4.69) is 31.7 Å². The Morgan fingerprint density at radius 2 is 2.14 bits per heavy atom. The monoisotopic (exact) mass is 376 g/mol. The molecule has 7 nitrogen and oxygen atoms in total. The zero-order valence-electron chi connectivity index (χ0n) is 16.1. The van der Waals surface area contributed by atoms with Gasteiger partial charge in [-0.25, -0.2) is 15.0 Å².